The number of pyridine rings is 1. The van der Waals surface area contributed by atoms with Crippen LogP contribution >= 0.6 is 0 Å². The van der Waals surface area contributed by atoms with Crippen LogP contribution in [0.1, 0.15) is 28.9 Å². The van der Waals surface area contributed by atoms with Crippen LogP contribution in [0.3, 0.4) is 0 Å². The van der Waals surface area contributed by atoms with E-state index in [1.807, 2.05) is 24.3 Å². The van der Waals surface area contributed by atoms with Gasteiger partial charge in [0.05, 0.1) is 13.2 Å². The summed E-state index contributed by atoms with van der Waals surface area (Å²) in [4.78, 5) is 19.1. The molecule has 2 aromatic rings. The standard InChI is InChI=1S/C18H20N2O2/c1-22-15-9-7-14(8-10-15)13-20-12-4-6-17(20)18(21)16-5-2-3-11-19-16/h2-3,5,7-11,17H,4,6,12-13H2,1H3/t17-/m1/s1. The van der Waals surface area contributed by atoms with Crippen molar-refractivity contribution in [2.24, 2.45) is 0 Å². The summed E-state index contributed by atoms with van der Waals surface area (Å²) < 4.78 is 5.18. The van der Waals surface area contributed by atoms with E-state index >= 15 is 0 Å². The molecule has 1 aliphatic heterocycles. The van der Waals surface area contributed by atoms with E-state index < -0.39 is 0 Å². The van der Waals surface area contributed by atoms with Crippen LogP contribution in [0.4, 0.5) is 0 Å². The molecule has 0 amide bonds. The van der Waals surface area contributed by atoms with Gasteiger partial charge >= 0.3 is 0 Å². The number of carbonyl (C=O) groups excluding carboxylic acids is 1. The Morgan fingerprint density at radius 1 is 1.27 bits per heavy atom. The highest BCUT2D eigenvalue weighted by Crippen LogP contribution is 2.23. The molecule has 22 heavy (non-hydrogen) atoms. The zero-order valence-corrected chi connectivity index (χ0v) is 12.7. The molecule has 3 rings (SSSR count). The fourth-order valence-electron chi connectivity index (χ4n) is 2.96. The van der Waals surface area contributed by atoms with Crippen LogP contribution in [-0.2, 0) is 6.54 Å². The molecule has 4 nitrogen and oxygen atoms in total. The molecule has 1 aliphatic rings. The number of nitrogens with zero attached hydrogens (tertiary/aromatic N) is 2. The van der Waals surface area contributed by atoms with Crippen LogP contribution in [0.5, 0.6) is 5.75 Å². The first-order valence-corrected chi connectivity index (χ1v) is 7.60. The molecule has 0 N–H and O–H groups in total. The van der Waals surface area contributed by atoms with Gasteiger partial charge in [0.15, 0.2) is 5.78 Å². The largest absolute Gasteiger partial charge is 0.497 e. The number of aromatic nitrogens is 1. The second kappa shape index (κ2) is 6.71. The Morgan fingerprint density at radius 2 is 2.09 bits per heavy atom. The molecule has 4 heteroatoms. The van der Waals surface area contributed by atoms with Crippen LogP contribution < -0.4 is 4.74 Å². The number of methoxy groups -OCH3 is 1. The Hall–Kier alpha value is -2.20. The van der Waals surface area contributed by atoms with Crippen LogP contribution in [0.25, 0.3) is 0 Å². The van der Waals surface area contributed by atoms with Crippen LogP contribution in [0.15, 0.2) is 48.7 Å². The maximum absolute atomic E-state index is 12.6. The van der Waals surface area contributed by atoms with Gasteiger partial charge in [0.25, 0.3) is 0 Å². The molecule has 1 aromatic carbocycles. The quantitative estimate of drug-likeness (QED) is 0.796. The van der Waals surface area contributed by atoms with E-state index in [9.17, 15) is 4.79 Å². The molecule has 2 heterocycles. The first-order chi connectivity index (χ1) is 10.8. The van der Waals surface area contributed by atoms with Crippen molar-refractivity contribution in [1.82, 2.24) is 9.88 Å². The number of hydrogen-bond donors (Lipinski definition) is 0. The van der Waals surface area contributed by atoms with Crippen molar-refractivity contribution < 1.29 is 9.53 Å². The summed E-state index contributed by atoms with van der Waals surface area (Å²) in [6.07, 6.45) is 3.64. The highest BCUT2D eigenvalue weighted by atomic mass is 16.5. The number of ether oxygens (including phenoxy) is 1. The fraction of sp³-hybridized carbons (Fsp3) is 0.333. The van der Waals surface area contributed by atoms with Crippen molar-refractivity contribution >= 4 is 5.78 Å². The van der Waals surface area contributed by atoms with E-state index in [1.54, 1.807) is 19.4 Å². The molecule has 0 bridgehead atoms. The summed E-state index contributed by atoms with van der Waals surface area (Å²) in [7, 11) is 1.66. The third-order valence-electron chi connectivity index (χ3n) is 4.13. The number of hydrogen-bond acceptors (Lipinski definition) is 4. The topological polar surface area (TPSA) is 42.4 Å². The summed E-state index contributed by atoms with van der Waals surface area (Å²) in [6, 6.07) is 13.5. The molecular formula is C18H20N2O2. The molecule has 1 atom stereocenters. The number of likely N-dealkylation sites (tertiary alicyclic amines) is 1. The average Bonchev–Trinajstić information content (AvgIpc) is 3.04. The van der Waals surface area contributed by atoms with Gasteiger partial charge in [-0.2, -0.15) is 0 Å². The number of Topliss-reactive ketones (excluding diaryl/α,β-unsaturated/α-hetero) is 1. The minimum absolute atomic E-state index is 0.0583. The lowest BCUT2D eigenvalue weighted by Gasteiger charge is -2.23. The molecule has 1 fully saturated rings. The van der Waals surface area contributed by atoms with Gasteiger partial charge in [-0.15, -0.1) is 0 Å². The summed E-state index contributed by atoms with van der Waals surface area (Å²) >= 11 is 0. The highest BCUT2D eigenvalue weighted by molar-refractivity contribution is 5.98. The molecule has 1 aromatic heterocycles. The number of carbonyl (C=O) groups is 1. The van der Waals surface area contributed by atoms with Gasteiger partial charge < -0.3 is 4.74 Å². The second-order valence-corrected chi connectivity index (χ2v) is 5.56. The highest BCUT2D eigenvalue weighted by Gasteiger charge is 2.31. The van der Waals surface area contributed by atoms with Crippen LogP contribution in [-0.4, -0.2) is 35.4 Å². The van der Waals surface area contributed by atoms with E-state index in [1.165, 1.54) is 5.56 Å². The number of rotatable bonds is 5. The van der Waals surface area contributed by atoms with Gasteiger partial charge in [0.1, 0.15) is 11.4 Å². The van der Waals surface area contributed by atoms with Gasteiger partial charge in [-0.3, -0.25) is 14.7 Å². The molecule has 114 valence electrons. The zero-order valence-electron chi connectivity index (χ0n) is 12.7. The predicted molar refractivity (Wildman–Crippen MR) is 85.0 cm³/mol. The molecule has 0 saturated carbocycles. The maximum Gasteiger partial charge on any atom is 0.198 e. The van der Waals surface area contributed by atoms with E-state index in [4.69, 9.17) is 4.74 Å². The fourth-order valence-corrected chi connectivity index (χ4v) is 2.96. The van der Waals surface area contributed by atoms with Gasteiger partial charge in [0, 0.05) is 12.7 Å². The minimum atomic E-state index is -0.0583. The minimum Gasteiger partial charge on any atom is -0.497 e. The third-order valence-corrected chi connectivity index (χ3v) is 4.13. The molecule has 0 radical (unpaired) electrons. The van der Waals surface area contributed by atoms with Crippen molar-refractivity contribution in [2.75, 3.05) is 13.7 Å². The van der Waals surface area contributed by atoms with Crippen molar-refractivity contribution in [1.29, 1.82) is 0 Å². The third kappa shape index (κ3) is 3.17. The van der Waals surface area contributed by atoms with E-state index in [-0.39, 0.29) is 11.8 Å². The lowest BCUT2D eigenvalue weighted by Crippen LogP contribution is -2.36. The van der Waals surface area contributed by atoms with Gasteiger partial charge in [-0.25, -0.2) is 0 Å². The molecule has 1 saturated heterocycles. The average molecular weight is 296 g/mol. The van der Waals surface area contributed by atoms with Gasteiger partial charge in [0.2, 0.25) is 0 Å². The SMILES string of the molecule is COc1ccc(CN2CCC[C@@H]2C(=O)c2ccccn2)cc1. The van der Waals surface area contributed by atoms with E-state index in [0.717, 1.165) is 31.7 Å². The van der Waals surface area contributed by atoms with Crippen molar-refractivity contribution in [2.45, 2.75) is 25.4 Å². The lowest BCUT2D eigenvalue weighted by molar-refractivity contribution is 0.0857. The van der Waals surface area contributed by atoms with E-state index in [2.05, 4.69) is 22.0 Å². The summed E-state index contributed by atoms with van der Waals surface area (Å²) in [6.45, 7) is 1.74. The van der Waals surface area contributed by atoms with Crippen LogP contribution in [0, 0.1) is 0 Å². The zero-order chi connectivity index (χ0) is 15.4. The van der Waals surface area contributed by atoms with Crippen molar-refractivity contribution in [3.8, 4) is 5.75 Å². The monoisotopic (exact) mass is 296 g/mol. The lowest BCUT2D eigenvalue weighted by atomic mass is 10.1. The second-order valence-electron chi connectivity index (χ2n) is 5.56. The first-order valence-electron chi connectivity index (χ1n) is 7.60. The Kier molecular flexibility index (Phi) is 4.49. The summed E-state index contributed by atoms with van der Waals surface area (Å²) in [5, 5.41) is 0. The summed E-state index contributed by atoms with van der Waals surface area (Å²) in [5.41, 5.74) is 1.76. The van der Waals surface area contributed by atoms with E-state index in [0.29, 0.717) is 5.69 Å². The Balaban J connectivity index is 1.71. The Bertz CT molecular complexity index is 625. The molecular weight excluding hydrogens is 276 g/mol. The molecule has 0 spiro atoms. The first kappa shape index (κ1) is 14.7. The molecule has 0 unspecified atom stereocenters. The normalized spacial score (nSPS) is 18.3. The number of benzene rings is 1. The van der Waals surface area contributed by atoms with Crippen molar-refractivity contribution in [3.05, 3.63) is 59.9 Å². The maximum atomic E-state index is 12.6. The Morgan fingerprint density at radius 3 is 2.77 bits per heavy atom. The van der Waals surface area contributed by atoms with Gasteiger partial charge in [-0.05, 0) is 49.2 Å². The smallest absolute Gasteiger partial charge is 0.198 e. The number of ketones is 1. The molecule has 0 aliphatic carbocycles. The van der Waals surface area contributed by atoms with Gasteiger partial charge in [-0.1, -0.05) is 18.2 Å². The predicted octanol–water partition coefficient (Wildman–Crippen LogP) is 2.94. The van der Waals surface area contributed by atoms with Crippen molar-refractivity contribution in [3.63, 3.8) is 0 Å². The Labute approximate surface area is 130 Å². The van der Waals surface area contributed by atoms with Crippen LogP contribution in [0.2, 0.25) is 0 Å². The summed E-state index contributed by atoms with van der Waals surface area (Å²) in [5.74, 6) is 0.984.